The van der Waals surface area contributed by atoms with E-state index in [2.05, 4.69) is 4.90 Å². The Labute approximate surface area is 138 Å². The molecule has 0 aliphatic carbocycles. The molecule has 23 heavy (non-hydrogen) atoms. The Morgan fingerprint density at radius 2 is 2.00 bits per heavy atom. The molecule has 1 fully saturated rings. The zero-order valence-corrected chi connectivity index (χ0v) is 13.6. The summed E-state index contributed by atoms with van der Waals surface area (Å²) in [4.78, 5) is 13.7. The monoisotopic (exact) mass is 349 g/mol. The fraction of sp³-hybridized carbons (Fsp3) is 0.562. The fourth-order valence-corrected chi connectivity index (χ4v) is 3.25. The second kappa shape index (κ2) is 7.64. The first-order chi connectivity index (χ1) is 10.8. The number of Topliss-reactive ketones (excluding diaryl/α,β-unsaturated/α-hetero) is 1. The predicted octanol–water partition coefficient (Wildman–Crippen LogP) is 3.91. The number of nitrogens with zero attached hydrogens (tertiary/aromatic N) is 1. The van der Waals surface area contributed by atoms with Crippen LogP contribution in [0.1, 0.15) is 34.7 Å². The maximum absolute atomic E-state index is 12.6. The van der Waals surface area contributed by atoms with Gasteiger partial charge < -0.3 is 9.64 Å². The Morgan fingerprint density at radius 3 is 2.57 bits per heavy atom. The Kier molecular flexibility index (Phi) is 6.06. The van der Waals surface area contributed by atoms with Crippen LogP contribution >= 0.6 is 11.6 Å². The van der Waals surface area contributed by atoms with Gasteiger partial charge in [0.1, 0.15) is 0 Å². The van der Waals surface area contributed by atoms with Crippen molar-refractivity contribution in [2.24, 2.45) is 0 Å². The molecule has 0 aromatic heterocycles. The van der Waals surface area contributed by atoms with Crippen LogP contribution in [0.15, 0.2) is 18.2 Å². The van der Waals surface area contributed by atoms with Gasteiger partial charge in [-0.05, 0) is 43.5 Å². The molecule has 7 heteroatoms. The Bertz CT molecular complexity index is 555. The Balaban J connectivity index is 2.12. The lowest BCUT2D eigenvalue weighted by Gasteiger charge is -2.32. The summed E-state index contributed by atoms with van der Waals surface area (Å²) in [6, 6.07) is 4.32. The minimum Gasteiger partial charge on any atom is -0.383 e. The smallest absolute Gasteiger partial charge is 0.383 e. The third-order valence-electron chi connectivity index (χ3n) is 4.17. The van der Waals surface area contributed by atoms with Crippen molar-refractivity contribution in [1.82, 2.24) is 4.90 Å². The van der Waals surface area contributed by atoms with Gasteiger partial charge in [0.15, 0.2) is 0 Å². The van der Waals surface area contributed by atoms with E-state index in [1.54, 1.807) is 13.2 Å². The number of ether oxygens (including phenoxy) is 1. The van der Waals surface area contributed by atoms with E-state index >= 15 is 0 Å². The van der Waals surface area contributed by atoms with Crippen molar-refractivity contribution < 1.29 is 22.7 Å². The highest BCUT2D eigenvalue weighted by Gasteiger charge is 2.40. The van der Waals surface area contributed by atoms with E-state index in [9.17, 15) is 18.0 Å². The third kappa shape index (κ3) is 4.46. The summed E-state index contributed by atoms with van der Waals surface area (Å²) in [6.45, 7) is 3.16. The maximum atomic E-state index is 12.6. The van der Waals surface area contributed by atoms with Crippen LogP contribution in [-0.4, -0.2) is 50.2 Å². The maximum Gasteiger partial charge on any atom is 0.454 e. The number of piperidine rings is 1. The molecule has 1 saturated heterocycles. The molecule has 1 heterocycles. The van der Waals surface area contributed by atoms with Gasteiger partial charge in [-0.3, -0.25) is 4.79 Å². The van der Waals surface area contributed by atoms with Crippen molar-refractivity contribution in [2.75, 3.05) is 33.4 Å². The fourth-order valence-electron chi connectivity index (χ4n) is 2.88. The van der Waals surface area contributed by atoms with Crippen LogP contribution in [0.5, 0.6) is 0 Å². The molecule has 1 aromatic carbocycles. The molecule has 1 aromatic rings. The second-order valence-corrected chi connectivity index (χ2v) is 6.02. The van der Waals surface area contributed by atoms with Crippen LogP contribution in [0, 0.1) is 0 Å². The normalized spacial score (nSPS) is 17.4. The number of methoxy groups -OCH3 is 1. The van der Waals surface area contributed by atoms with Crippen molar-refractivity contribution in [3.63, 3.8) is 0 Å². The minimum atomic E-state index is -4.91. The van der Waals surface area contributed by atoms with Gasteiger partial charge in [-0.1, -0.05) is 23.7 Å². The van der Waals surface area contributed by atoms with Gasteiger partial charge >= 0.3 is 6.18 Å². The van der Waals surface area contributed by atoms with Crippen molar-refractivity contribution in [1.29, 1.82) is 0 Å². The molecule has 0 saturated carbocycles. The van der Waals surface area contributed by atoms with Crippen LogP contribution in [0.3, 0.4) is 0 Å². The summed E-state index contributed by atoms with van der Waals surface area (Å²) < 4.78 is 42.9. The van der Waals surface area contributed by atoms with Gasteiger partial charge in [-0.2, -0.15) is 13.2 Å². The Morgan fingerprint density at radius 1 is 1.35 bits per heavy atom. The molecule has 0 N–H and O–H groups in total. The number of hydrogen-bond acceptors (Lipinski definition) is 3. The largest absolute Gasteiger partial charge is 0.454 e. The lowest BCUT2D eigenvalue weighted by Crippen LogP contribution is -2.35. The van der Waals surface area contributed by atoms with E-state index in [-0.39, 0.29) is 10.9 Å². The number of halogens is 4. The molecule has 0 bridgehead atoms. The molecule has 1 aliphatic heterocycles. The lowest BCUT2D eigenvalue weighted by atomic mass is 9.88. The van der Waals surface area contributed by atoms with Crippen LogP contribution in [0.25, 0.3) is 0 Å². The van der Waals surface area contributed by atoms with Gasteiger partial charge in [0, 0.05) is 19.2 Å². The molecule has 0 unspecified atom stereocenters. The molecular weight excluding hydrogens is 331 g/mol. The summed E-state index contributed by atoms with van der Waals surface area (Å²) in [6.07, 6.45) is -3.31. The average molecular weight is 350 g/mol. The number of carbonyl (C=O) groups is 1. The first-order valence-electron chi connectivity index (χ1n) is 7.45. The summed E-state index contributed by atoms with van der Waals surface area (Å²) in [7, 11) is 1.65. The van der Waals surface area contributed by atoms with Crippen LogP contribution < -0.4 is 0 Å². The van der Waals surface area contributed by atoms with Gasteiger partial charge in [0.25, 0.3) is 5.78 Å². The summed E-state index contributed by atoms with van der Waals surface area (Å²) in [5.74, 6) is -1.82. The third-order valence-corrected chi connectivity index (χ3v) is 4.59. The average Bonchev–Trinajstić information content (AvgIpc) is 2.52. The molecule has 0 atom stereocenters. The molecule has 2 rings (SSSR count). The predicted molar refractivity (Wildman–Crippen MR) is 82.1 cm³/mol. The number of hydrogen-bond donors (Lipinski definition) is 0. The van der Waals surface area contributed by atoms with Gasteiger partial charge in [-0.25, -0.2) is 0 Å². The molecule has 0 spiro atoms. The van der Waals surface area contributed by atoms with Crippen molar-refractivity contribution in [2.45, 2.75) is 24.9 Å². The van der Waals surface area contributed by atoms with Gasteiger partial charge in [-0.15, -0.1) is 0 Å². The standard InChI is InChI=1S/C16H19ClF3NO2/c1-23-10-9-21-7-5-11(6-8-21)12-3-2-4-13(14(12)17)15(22)16(18,19)20/h2-4,11H,5-10H2,1H3. The molecule has 3 nitrogen and oxygen atoms in total. The van der Waals surface area contributed by atoms with Crippen LogP contribution in [-0.2, 0) is 4.74 Å². The highest BCUT2D eigenvalue weighted by molar-refractivity contribution is 6.35. The number of benzene rings is 1. The van der Waals surface area contributed by atoms with Crippen LogP contribution in [0.2, 0.25) is 5.02 Å². The Hall–Kier alpha value is -1.11. The van der Waals surface area contributed by atoms with E-state index in [0.717, 1.165) is 38.5 Å². The molecule has 128 valence electrons. The van der Waals surface area contributed by atoms with Gasteiger partial charge in [0.05, 0.1) is 11.6 Å². The van der Waals surface area contributed by atoms with E-state index in [1.807, 2.05) is 0 Å². The molecular formula is C16H19ClF3NO2. The topological polar surface area (TPSA) is 29.5 Å². The van der Waals surface area contributed by atoms with E-state index in [1.165, 1.54) is 6.07 Å². The van der Waals surface area contributed by atoms with E-state index in [4.69, 9.17) is 16.3 Å². The first kappa shape index (κ1) is 18.2. The minimum absolute atomic E-state index is 0.0647. The summed E-state index contributed by atoms with van der Waals surface area (Å²) in [5.41, 5.74) is 0.173. The quantitative estimate of drug-likeness (QED) is 0.755. The molecule has 0 radical (unpaired) electrons. The second-order valence-electron chi connectivity index (χ2n) is 5.64. The van der Waals surface area contributed by atoms with Gasteiger partial charge in [0.2, 0.25) is 0 Å². The number of carbonyl (C=O) groups excluding carboxylic acids is 1. The summed E-state index contributed by atoms with van der Waals surface area (Å²) >= 11 is 6.11. The lowest BCUT2D eigenvalue weighted by molar-refractivity contribution is -0.0885. The van der Waals surface area contributed by atoms with Crippen LogP contribution in [0.4, 0.5) is 13.2 Å². The van der Waals surface area contributed by atoms with Crippen molar-refractivity contribution >= 4 is 17.4 Å². The number of likely N-dealkylation sites (tertiary alicyclic amines) is 1. The SMILES string of the molecule is COCCN1CCC(c2cccc(C(=O)C(F)(F)F)c2Cl)CC1. The highest BCUT2D eigenvalue weighted by atomic mass is 35.5. The van der Waals surface area contributed by atoms with E-state index in [0.29, 0.717) is 12.2 Å². The number of rotatable bonds is 5. The highest BCUT2D eigenvalue weighted by Crippen LogP contribution is 2.36. The zero-order valence-electron chi connectivity index (χ0n) is 12.8. The number of alkyl halides is 3. The first-order valence-corrected chi connectivity index (χ1v) is 7.83. The molecule has 0 amide bonds. The van der Waals surface area contributed by atoms with Crippen molar-refractivity contribution in [3.8, 4) is 0 Å². The van der Waals surface area contributed by atoms with Crippen molar-refractivity contribution in [3.05, 3.63) is 34.3 Å². The molecule has 1 aliphatic rings. The number of ketones is 1. The zero-order chi connectivity index (χ0) is 17.0. The summed E-state index contributed by atoms with van der Waals surface area (Å²) in [5, 5.41) is -0.0647. The van der Waals surface area contributed by atoms with E-state index < -0.39 is 17.5 Å².